The molecule has 124 valence electrons. The van der Waals surface area contributed by atoms with Gasteiger partial charge in [0.05, 0.1) is 0 Å². The van der Waals surface area contributed by atoms with E-state index in [1.54, 1.807) is 0 Å². The summed E-state index contributed by atoms with van der Waals surface area (Å²) in [6.07, 6.45) is 2.07. The van der Waals surface area contributed by atoms with Crippen LogP contribution >= 0.6 is 0 Å². The van der Waals surface area contributed by atoms with Gasteiger partial charge in [0.1, 0.15) is 0 Å². The van der Waals surface area contributed by atoms with Crippen LogP contribution in [-0.2, 0) is 9.59 Å². The fourth-order valence-corrected chi connectivity index (χ4v) is 7.08. The molecule has 0 saturated heterocycles. The summed E-state index contributed by atoms with van der Waals surface area (Å²) in [5.41, 5.74) is 0. The molecule has 0 amide bonds. The molecule has 0 fully saturated rings. The Morgan fingerprint density at radius 3 is 1.91 bits per heavy atom. The van der Waals surface area contributed by atoms with E-state index in [2.05, 4.69) is 8.83 Å². The van der Waals surface area contributed by atoms with Crippen molar-refractivity contribution in [3.63, 3.8) is 0 Å². The topological polar surface area (TPSA) is 103 Å². The van der Waals surface area contributed by atoms with E-state index in [1.165, 1.54) is 0 Å². The maximum atomic E-state index is 10.1. The summed E-state index contributed by atoms with van der Waals surface area (Å²) < 4.78 is 3.27. The molecule has 0 aromatic carbocycles. The standard InChI is InChI=1S/C7H12O4Se2.C5H6N2Se2/c8-6(9)4-12-2-1-3-13-5-7(10)11;1-7-9-4-2-3-8-5-6/h1-5H2,(H,8,9)(H,10,11);2-4H2. The molecule has 22 heavy (non-hydrogen) atoms. The fourth-order valence-electron chi connectivity index (χ4n) is 0.869. The molecule has 0 spiro atoms. The summed E-state index contributed by atoms with van der Waals surface area (Å²) in [6.45, 7) is 6.48. The maximum absolute atomic E-state index is 10.1. The second-order valence-corrected chi connectivity index (χ2v) is 11.7. The Morgan fingerprint density at radius 2 is 1.50 bits per heavy atom. The van der Waals surface area contributed by atoms with Crippen LogP contribution < -0.4 is 0 Å². The van der Waals surface area contributed by atoms with Crippen molar-refractivity contribution >= 4 is 72.0 Å². The molecule has 0 aromatic heterocycles. The van der Waals surface area contributed by atoms with E-state index in [0.717, 1.165) is 34.1 Å². The van der Waals surface area contributed by atoms with Crippen LogP contribution in [-0.4, -0.2) is 82.2 Å². The van der Waals surface area contributed by atoms with Gasteiger partial charge in [0, 0.05) is 0 Å². The third-order valence-corrected chi connectivity index (χ3v) is 8.52. The Balaban J connectivity index is 0. The Hall–Kier alpha value is -0.00208. The first-order chi connectivity index (χ1) is 10.5. The number of carboxylic acids is 2. The Bertz CT molecular complexity index is 348. The number of nitriles is 1. The summed E-state index contributed by atoms with van der Waals surface area (Å²) in [4.78, 5) is 22.4. The van der Waals surface area contributed by atoms with E-state index < -0.39 is 11.9 Å². The minimum atomic E-state index is -0.726. The Kier molecular flexibility index (Phi) is 23.1. The van der Waals surface area contributed by atoms with E-state index >= 15 is 0 Å². The molecule has 0 heterocycles. The van der Waals surface area contributed by atoms with Crippen molar-refractivity contribution in [2.24, 2.45) is 0 Å². The third kappa shape index (κ3) is 28.2. The summed E-state index contributed by atoms with van der Waals surface area (Å²) in [5.74, 6) is -1.45. The van der Waals surface area contributed by atoms with Gasteiger partial charge in [-0.05, 0) is 0 Å². The summed E-state index contributed by atoms with van der Waals surface area (Å²) in [7, 11) is 0. The zero-order chi connectivity index (χ0) is 17.1. The molecule has 0 unspecified atom stereocenters. The van der Waals surface area contributed by atoms with Gasteiger partial charge in [0.25, 0.3) is 0 Å². The molecule has 10 heteroatoms. The molecule has 6 nitrogen and oxygen atoms in total. The van der Waals surface area contributed by atoms with Gasteiger partial charge in [0.15, 0.2) is 0 Å². The van der Waals surface area contributed by atoms with Gasteiger partial charge in [-0.25, -0.2) is 0 Å². The van der Waals surface area contributed by atoms with Gasteiger partial charge in [-0.1, -0.05) is 0 Å². The molecule has 0 rings (SSSR count). The Morgan fingerprint density at radius 1 is 1.00 bits per heavy atom. The van der Waals surface area contributed by atoms with Crippen molar-refractivity contribution in [2.75, 3.05) is 0 Å². The number of aliphatic carboxylic acids is 2. The number of rotatable bonds is 12. The number of hydrogen-bond donors (Lipinski definition) is 2. The molecule has 0 aliphatic carbocycles. The Labute approximate surface area is 156 Å². The zero-order valence-electron chi connectivity index (χ0n) is 11.9. The van der Waals surface area contributed by atoms with Crippen molar-refractivity contribution in [1.82, 2.24) is 0 Å². The zero-order valence-corrected chi connectivity index (χ0v) is 18.7. The van der Waals surface area contributed by atoms with E-state index in [0.29, 0.717) is 10.6 Å². The molecule has 0 saturated carbocycles. The van der Waals surface area contributed by atoms with Gasteiger partial charge in [-0.2, -0.15) is 0 Å². The van der Waals surface area contributed by atoms with Crippen LogP contribution in [0.5, 0.6) is 0 Å². The van der Waals surface area contributed by atoms with Crippen LogP contribution in [0.3, 0.4) is 0 Å². The summed E-state index contributed by atoms with van der Waals surface area (Å²) >= 11 is 0.736. The van der Waals surface area contributed by atoms with Crippen LogP contribution in [0.15, 0.2) is 0 Å². The van der Waals surface area contributed by atoms with Crippen molar-refractivity contribution in [3.8, 4) is 4.97 Å². The normalized spacial score (nSPS) is 9.00. The molecule has 0 aliphatic rings. The molecule has 0 aliphatic heterocycles. The van der Waals surface area contributed by atoms with Crippen LogP contribution in [0.4, 0.5) is 0 Å². The summed E-state index contributed by atoms with van der Waals surface area (Å²) in [6, 6.07) is 0. The average molecular weight is 570 g/mol. The monoisotopic (exact) mass is 574 g/mol. The van der Waals surface area contributed by atoms with Crippen molar-refractivity contribution in [3.05, 3.63) is 10.4 Å². The predicted octanol–water partition coefficient (Wildman–Crippen LogP) is 1.56. The van der Waals surface area contributed by atoms with Gasteiger partial charge in [-0.3, -0.25) is 0 Å². The average Bonchev–Trinajstić information content (AvgIpc) is 2.46. The molecule has 2 N–H and O–H groups in total. The molecule has 0 aromatic rings. The van der Waals surface area contributed by atoms with Gasteiger partial charge >= 0.3 is 157 Å². The van der Waals surface area contributed by atoms with Gasteiger partial charge in [0.2, 0.25) is 0 Å². The first kappa shape index (κ1) is 24.3. The van der Waals surface area contributed by atoms with Crippen LogP contribution in [0, 0.1) is 16.8 Å². The molecule has 0 radical (unpaired) electrons. The van der Waals surface area contributed by atoms with E-state index in [1.807, 2.05) is 0 Å². The van der Waals surface area contributed by atoms with Crippen LogP contribution in [0.25, 0.3) is 3.86 Å². The number of carbonyl (C=O) groups is 2. The molecular formula is C12H18N2O4Se4. The fraction of sp³-hybridized carbons (Fsp3) is 0.667. The van der Waals surface area contributed by atoms with Crippen LogP contribution in [0.2, 0.25) is 31.9 Å². The number of carboxylic acid groups (broad SMARTS) is 2. The number of nitrogens with zero attached hydrogens (tertiary/aromatic N) is 2. The summed E-state index contributed by atoms with van der Waals surface area (Å²) in [5, 5.41) is 29.4. The second kappa shape index (κ2) is 21.0. The van der Waals surface area contributed by atoms with Crippen molar-refractivity contribution in [1.29, 1.82) is 5.26 Å². The molecular weight excluding hydrogens is 552 g/mol. The second-order valence-electron chi connectivity index (χ2n) is 3.46. The minimum absolute atomic E-state index is 0.158. The molecule has 0 bridgehead atoms. The molecule has 0 atom stereocenters. The quantitative estimate of drug-likeness (QED) is 0.211. The third-order valence-electron chi connectivity index (χ3n) is 1.64. The SMILES string of the molecule is O=C(O)C[Se]CCC[Se]CC(=O)O.[C-]#[N+][Se]CCC[Se]C#N. The first-order valence-electron chi connectivity index (χ1n) is 6.13. The predicted molar refractivity (Wildman–Crippen MR) is 88.6 cm³/mol. The first-order valence-corrected chi connectivity index (χ1v) is 15.0. The van der Waals surface area contributed by atoms with Crippen LogP contribution in [0.1, 0.15) is 12.8 Å². The number of hydrogen-bond acceptors (Lipinski definition) is 3. The van der Waals surface area contributed by atoms with E-state index in [4.69, 9.17) is 22.0 Å². The van der Waals surface area contributed by atoms with E-state index in [-0.39, 0.29) is 60.0 Å². The van der Waals surface area contributed by atoms with E-state index in [9.17, 15) is 9.59 Å². The van der Waals surface area contributed by atoms with Gasteiger partial charge in [-0.15, -0.1) is 0 Å². The van der Waals surface area contributed by atoms with Crippen molar-refractivity contribution < 1.29 is 19.8 Å². The van der Waals surface area contributed by atoms with Crippen molar-refractivity contribution in [2.45, 2.75) is 44.8 Å². The van der Waals surface area contributed by atoms with Gasteiger partial charge < -0.3 is 0 Å².